The lowest BCUT2D eigenvalue weighted by atomic mass is 10.1. The molecule has 0 saturated heterocycles. The largest absolute Gasteiger partial charge is 0.491 e. The number of benzene rings is 1. The normalized spacial score (nSPS) is 16.2. The SMILES string of the molecule is Cc1ccc(C)c(OCC(O)CNCCN(C)C2CC2)c1. The molecule has 2 N–H and O–H groups in total. The van der Waals surface area contributed by atoms with Gasteiger partial charge in [-0.3, -0.25) is 0 Å². The van der Waals surface area contributed by atoms with Gasteiger partial charge in [0.1, 0.15) is 18.5 Å². The van der Waals surface area contributed by atoms with E-state index in [9.17, 15) is 5.11 Å². The van der Waals surface area contributed by atoms with Crippen molar-refractivity contribution in [3.8, 4) is 5.75 Å². The number of hydrogen-bond donors (Lipinski definition) is 2. The van der Waals surface area contributed by atoms with E-state index in [1.807, 2.05) is 26.0 Å². The lowest BCUT2D eigenvalue weighted by molar-refractivity contribution is 0.105. The number of aryl methyl sites for hydroxylation is 2. The predicted octanol–water partition coefficient (Wildman–Crippen LogP) is 1.73. The number of nitrogens with one attached hydrogen (secondary N) is 1. The highest BCUT2D eigenvalue weighted by Gasteiger charge is 2.25. The number of rotatable bonds is 9. The lowest BCUT2D eigenvalue weighted by Crippen LogP contribution is -2.36. The van der Waals surface area contributed by atoms with Gasteiger partial charge in [0, 0.05) is 25.7 Å². The van der Waals surface area contributed by atoms with Crippen molar-refractivity contribution in [2.24, 2.45) is 0 Å². The summed E-state index contributed by atoms with van der Waals surface area (Å²) in [6.07, 6.45) is 2.20. The van der Waals surface area contributed by atoms with Crippen LogP contribution in [-0.4, -0.2) is 55.4 Å². The van der Waals surface area contributed by atoms with Gasteiger partial charge in [0.25, 0.3) is 0 Å². The summed E-state index contributed by atoms with van der Waals surface area (Å²) < 4.78 is 5.71. The van der Waals surface area contributed by atoms with Gasteiger partial charge >= 0.3 is 0 Å². The molecule has 1 atom stereocenters. The van der Waals surface area contributed by atoms with Crippen molar-refractivity contribution < 1.29 is 9.84 Å². The summed E-state index contributed by atoms with van der Waals surface area (Å²) in [4.78, 5) is 2.38. The number of aliphatic hydroxyl groups is 1. The average molecular weight is 292 g/mol. The Morgan fingerprint density at radius 1 is 1.38 bits per heavy atom. The maximum absolute atomic E-state index is 9.96. The van der Waals surface area contributed by atoms with Crippen molar-refractivity contribution in [2.75, 3.05) is 33.3 Å². The molecule has 0 radical (unpaired) electrons. The van der Waals surface area contributed by atoms with Gasteiger partial charge in [0.2, 0.25) is 0 Å². The van der Waals surface area contributed by atoms with Gasteiger partial charge in [-0.25, -0.2) is 0 Å². The van der Waals surface area contributed by atoms with Crippen LogP contribution in [0.4, 0.5) is 0 Å². The third-order valence-corrected chi connectivity index (χ3v) is 3.97. The van der Waals surface area contributed by atoms with Crippen LogP contribution in [0.2, 0.25) is 0 Å². The van der Waals surface area contributed by atoms with E-state index < -0.39 is 6.10 Å². The Hall–Kier alpha value is -1.10. The fourth-order valence-corrected chi connectivity index (χ4v) is 2.33. The summed E-state index contributed by atoms with van der Waals surface area (Å²) in [6.45, 7) is 6.91. The second kappa shape index (κ2) is 7.78. The summed E-state index contributed by atoms with van der Waals surface area (Å²) in [5, 5.41) is 13.2. The Kier molecular flexibility index (Phi) is 6.03. The molecule has 0 amide bonds. The minimum absolute atomic E-state index is 0.329. The number of aliphatic hydroxyl groups excluding tert-OH is 1. The van der Waals surface area contributed by atoms with E-state index in [1.54, 1.807) is 0 Å². The van der Waals surface area contributed by atoms with Gasteiger partial charge in [0.15, 0.2) is 0 Å². The van der Waals surface area contributed by atoms with Gasteiger partial charge in [-0.15, -0.1) is 0 Å². The Bertz CT molecular complexity index is 446. The molecule has 1 aromatic rings. The second-order valence-electron chi connectivity index (χ2n) is 6.15. The first-order valence-electron chi connectivity index (χ1n) is 7.85. The molecule has 2 rings (SSSR count). The molecule has 1 fully saturated rings. The van der Waals surface area contributed by atoms with E-state index in [0.717, 1.165) is 30.4 Å². The van der Waals surface area contributed by atoms with Crippen molar-refractivity contribution in [1.29, 1.82) is 0 Å². The highest BCUT2D eigenvalue weighted by molar-refractivity contribution is 5.35. The third-order valence-electron chi connectivity index (χ3n) is 3.97. The molecule has 0 aromatic heterocycles. The molecule has 118 valence electrons. The van der Waals surface area contributed by atoms with Gasteiger partial charge in [-0.2, -0.15) is 0 Å². The van der Waals surface area contributed by atoms with Gasteiger partial charge in [-0.05, 0) is 50.9 Å². The first-order valence-corrected chi connectivity index (χ1v) is 7.85. The standard InChI is InChI=1S/C17H28N2O2/c1-13-4-5-14(2)17(10-13)21-12-16(20)11-18-8-9-19(3)15-6-7-15/h4-5,10,15-16,18,20H,6-9,11-12H2,1-3H3. The minimum atomic E-state index is -0.476. The quantitative estimate of drug-likeness (QED) is 0.680. The summed E-state index contributed by atoms with van der Waals surface area (Å²) in [5.74, 6) is 0.863. The lowest BCUT2D eigenvalue weighted by Gasteiger charge is -2.18. The Morgan fingerprint density at radius 3 is 2.86 bits per heavy atom. The minimum Gasteiger partial charge on any atom is -0.491 e. The molecular formula is C17H28N2O2. The summed E-state index contributed by atoms with van der Waals surface area (Å²) >= 11 is 0. The fraction of sp³-hybridized carbons (Fsp3) is 0.647. The Labute approximate surface area is 128 Å². The van der Waals surface area contributed by atoms with E-state index in [2.05, 4.69) is 23.3 Å². The molecule has 1 aliphatic carbocycles. The molecule has 0 bridgehead atoms. The van der Waals surface area contributed by atoms with Crippen molar-refractivity contribution in [3.63, 3.8) is 0 Å². The second-order valence-corrected chi connectivity index (χ2v) is 6.15. The highest BCUT2D eigenvalue weighted by atomic mass is 16.5. The van der Waals surface area contributed by atoms with Crippen molar-refractivity contribution in [2.45, 2.75) is 38.8 Å². The van der Waals surface area contributed by atoms with E-state index in [4.69, 9.17) is 4.74 Å². The molecule has 1 aliphatic rings. The molecule has 0 spiro atoms. The number of ether oxygens (including phenoxy) is 1. The number of likely N-dealkylation sites (N-methyl/N-ethyl adjacent to an activating group) is 1. The van der Waals surface area contributed by atoms with Gasteiger partial charge in [-0.1, -0.05) is 12.1 Å². The number of nitrogens with zero attached hydrogens (tertiary/aromatic N) is 1. The van der Waals surface area contributed by atoms with Crippen LogP contribution in [0.25, 0.3) is 0 Å². The molecule has 21 heavy (non-hydrogen) atoms. The average Bonchev–Trinajstić information content (AvgIpc) is 3.29. The summed E-state index contributed by atoms with van der Waals surface area (Å²) in [7, 11) is 2.17. The van der Waals surface area contributed by atoms with E-state index in [1.165, 1.54) is 18.4 Å². The molecule has 1 unspecified atom stereocenters. The van der Waals surface area contributed by atoms with Gasteiger partial charge < -0.3 is 20.1 Å². The molecule has 0 heterocycles. The topological polar surface area (TPSA) is 44.7 Å². The zero-order valence-electron chi connectivity index (χ0n) is 13.4. The maximum atomic E-state index is 9.96. The summed E-state index contributed by atoms with van der Waals surface area (Å²) in [5.41, 5.74) is 2.28. The molecule has 4 nitrogen and oxygen atoms in total. The van der Waals surface area contributed by atoms with E-state index in [0.29, 0.717) is 13.2 Å². The van der Waals surface area contributed by atoms with Crippen LogP contribution in [0.5, 0.6) is 5.75 Å². The molecule has 4 heteroatoms. The Morgan fingerprint density at radius 2 is 2.14 bits per heavy atom. The van der Waals surface area contributed by atoms with Crippen LogP contribution in [0, 0.1) is 13.8 Å². The molecular weight excluding hydrogens is 264 g/mol. The van der Waals surface area contributed by atoms with Crippen LogP contribution in [0.15, 0.2) is 18.2 Å². The first-order chi connectivity index (χ1) is 10.1. The van der Waals surface area contributed by atoms with E-state index in [-0.39, 0.29) is 0 Å². The summed E-state index contributed by atoms with van der Waals surface area (Å²) in [6, 6.07) is 6.92. The van der Waals surface area contributed by atoms with Crippen molar-refractivity contribution in [3.05, 3.63) is 29.3 Å². The van der Waals surface area contributed by atoms with Crippen LogP contribution in [0.1, 0.15) is 24.0 Å². The van der Waals surface area contributed by atoms with Gasteiger partial charge in [0.05, 0.1) is 0 Å². The molecule has 0 aliphatic heterocycles. The van der Waals surface area contributed by atoms with Crippen molar-refractivity contribution in [1.82, 2.24) is 10.2 Å². The number of hydrogen-bond acceptors (Lipinski definition) is 4. The van der Waals surface area contributed by atoms with Crippen LogP contribution in [0.3, 0.4) is 0 Å². The van der Waals surface area contributed by atoms with Crippen LogP contribution in [-0.2, 0) is 0 Å². The predicted molar refractivity (Wildman–Crippen MR) is 85.9 cm³/mol. The zero-order valence-corrected chi connectivity index (χ0v) is 13.4. The van der Waals surface area contributed by atoms with Crippen molar-refractivity contribution >= 4 is 0 Å². The van der Waals surface area contributed by atoms with Crippen LogP contribution >= 0.6 is 0 Å². The zero-order chi connectivity index (χ0) is 15.2. The maximum Gasteiger partial charge on any atom is 0.122 e. The van der Waals surface area contributed by atoms with Crippen LogP contribution < -0.4 is 10.1 Å². The van der Waals surface area contributed by atoms with E-state index >= 15 is 0 Å². The monoisotopic (exact) mass is 292 g/mol. The smallest absolute Gasteiger partial charge is 0.122 e. The third kappa shape index (κ3) is 5.65. The fourth-order valence-electron chi connectivity index (χ4n) is 2.33. The first kappa shape index (κ1) is 16.3. The Balaban J connectivity index is 1.60. The highest BCUT2D eigenvalue weighted by Crippen LogP contribution is 2.24. The molecule has 1 saturated carbocycles. The molecule has 1 aromatic carbocycles.